The number of fused-ring (bicyclic) bond motifs is 3. The smallest absolute Gasteiger partial charge is 0.145 e. The molecular weight excluding hydrogens is 2730 g/mol. The molecule has 3 rings (SSSR count). The number of pyridine rings is 1. The van der Waals surface area contributed by atoms with Crippen LogP contribution >= 0.6 is 15.9 Å². The van der Waals surface area contributed by atoms with Crippen LogP contribution in [0.2, 0.25) is 0 Å². The molecule has 0 aliphatic carbocycles. The van der Waals surface area contributed by atoms with Crippen molar-refractivity contribution in [2.75, 3.05) is 0 Å². The Balaban J connectivity index is 0.00000164. The summed E-state index contributed by atoms with van der Waals surface area (Å²) in [6.07, 6.45) is 3.74. The minimum absolute atomic E-state index is 0.225. The Morgan fingerprint density at radius 2 is 0.435 bits per heavy atom. The summed E-state index contributed by atoms with van der Waals surface area (Å²) in [5.74, 6) is -0.225. The SMILES string of the molecule is Fc1ccc2c(ccn3cc(Br)nc23)c1.S=S=S=S=S=S=S=S=S=S=S=S=S=S=S=S=S=S=S=S=S=S=S=S=S=S=S=S=S=S=S=S=S=S=S=S=S=S=S=S=S=S=S=S=S=S=S=S=S=S=S=S=S=S=S=S=S=S=S=S=S=S=S=S=S=S=S=S=S=S=S=S=S=S=S=S=S. The molecule has 0 atom stereocenters. The van der Waals surface area contributed by atoms with Crippen LogP contribution in [0.1, 0.15) is 0 Å². The lowest BCUT2D eigenvalue weighted by atomic mass is 10.2. The van der Waals surface area contributed by atoms with Gasteiger partial charge in [-0.2, -0.15) is 0 Å². The van der Waals surface area contributed by atoms with E-state index in [4.69, 9.17) is 22.4 Å². The summed E-state index contributed by atoms with van der Waals surface area (Å²) in [4.78, 5) is 4.33. The van der Waals surface area contributed by atoms with Gasteiger partial charge in [0, 0.05) is 706 Å². The van der Waals surface area contributed by atoms with Crippen molar-refractivity contribution in [1.29, 1.82) is 0 Å². The summed E-state index contributed by atoms with van der Waals surface area (Å²) < 4.78 is 15.7. The van der Waals surface area contributed by atoms with Gasteiger partial charge in [0.25, 0.3) is 0 Å². The molecule has 1 aromatic carbocycles. The largest absolute Gasteiger partial charge is 0.305 e. The van der Waals surface area contributed by atoms with E-state index in [2.05, 4.69) is 20.9 Å². The van der Waals surface area contributed by atoms with E-state index in [1.165, 1.54) is 29.9 Å². The molecule has 92 heavy (non-hydrogen) atoms. The third-order valence-electron chi connectivity index (χ3n) is 4.43. The molecular formula is C11H6BrFN2S77. The van der Waals surface area contributed by atoms with E-state index in [0.717, 1.165) is 21.0 Å². The molecule has 0 aliphatic heterocycles. The lowest BCUT2D eigenvalue weighted by Crippen LogP contribution is -1.85. The van der Waals surface area contributed by atoms with Crippen LogP contribution in [0.3, 0.4) is 0 Å². The van der Waals surface area contributed by atoms with Crippen molar-refractivity contribution in [3.05, 3.63) is 47.1 Å². The molecule has 536 valence electrons. The van der Waals surface area contributed by atoms with Gasteiger partial charge in [0.05, 0.1) is 0 Å². The summed E-state index contributed by atoms with van der Waals surface area (Å²) in [6, 6.07) is 6.59. The highest BCUT2D eigenvalue weighted by atomic mass is 79.9. The lowest BCUT2D eigenvalue weighted by molar-refractivity contribution is 0.630. The molecule has 2 heterocycles. The predicted molar refractivity (Wildman–Crippen MR) is 627 cm³/mol. The molecule has 0 saturated carbocycles. The average molecular weight is 2730 g/mol. The number of rotatable bonds is 0. The minimum Gasteiger partial charge on any atom is -0.305 e. The van der Waals surface area contributed by atoms with Gasteiger partial charge in [-0.25, -0.2) is 9.37 Å². The lowest BCUT2D eigenvalue weighted by Gasteiger charge is -1.99. The van der Waals surface area contributed by atoms with Gasteiger partial charge in [-0.3, -0.25) is 0 Å². The van der Waals surface area contributed by atoms with Crippen molar-refractivity contribution in [2.45, 2.75) is 0 Å². The van der Waals surface area contributed by atoms with Gasteiger partial charge in [-0.05, 0) is 45.6 Å². The summed E-state index contributed by atoms with van der Waals surface area (Å²) >= 11 is 13.0. The fraction of sp³-hybridized carbons (Fsp3) is 0. The molecule has 0 bridgehead atoms. The van der Waals surface area contributed by atoms with Crippen molar-refractivity contribution in [3.63, 3.8) is 0 Å². The maximum atomic E-state index is 13.0. The van der Waals surface area contributed by atoms with E-state index in [0.29, 0.717) is 0 Å². The van der Waals surface area contributed by atoms with E-state index >= 15 is 0 Å². The second kappa shape index (κ2) is 88.9. The molecule has 0 spiro atoms. The Hall–Kier alpha value is 15.5. The van der Waals surface area contributed by atoms with Gasteiger partial charge in [0.2, 0.25) is 0 Å². The molecule has 0 fully saturated rings. The molecule has 2 aromatic heterocycles. The summed E-state index contributed by atoms with van der Waals surface area (Å²) in [7, 11) is 135. The Labute approximate surface area is 759 Å². The fourth-order valence-electron chi connectivity index (χ4n) is 2.54. The summed E-state index contributed by atoms with van der Waals surface area (Å²) in [5, 5.41) is 1.81. The second-order valence-corrected chi connectivity index (χ2v) is 142. The first-order chi connectivity index (χ1) is 45.7. The number of halogens is 2. The van der Waals surface area contributed by atoms with Gasteiger partial charge >= 0.3 is 0 Å². The standard InChI is InChI=1S/C11H6BrFN2.S77/c12-10-6-15-4-3-7-5-8(13)1-2-9(7)11(15)14-10;1-3-5-7-9-11-13-15-17-19-21-23-25-27-29-31-33-35-37-39-41-43-45-47-49-51-53-55-57-59-61-63-65-67-69-71-73-75-77-76-74-72-70-68-66-64-62-60-58-56-54-52-50-48-46-44-42-40-38-36-34-32-30-28-26-24-22-20-18-16-14-12-10-8-6-4-2/h1-6H;. The van der Waals surface area contributed by atoms with Crippen molar-refractivity contribution >= 4 is 721 Å². The van der Waals surface area contributed by atoms with E-state index in [9.17, 15) is 4.39 Å². The molecule has 0 N–H and O–H groups in total. The van der Waals surface area contributed by atoms with Gasteiger partial charge in [0.1, 0.15) is 16.1 Å². The number of hydrogen-bond donors (Lipinski definition) is 0. The highest BCUT2D eigenvalue weighted by Crippen LogP contribution is 2.22. The molecule has 3 aromatic rings. The molecule has 0 saturated heterocycles. The van der Waals surface area contributed by atoms with Gasteiger partial charge < -0.3 is 4.40 Å². The first kappa shape index (κ1) is 104. The van der Waals surface area contributed by atoms with Crippen LogP contribution in [-0.2, 0) is 688 Å². The summed E-state index contributed by atoms with van der Waals surface area (Å²) in [6.45, 7) is 0. The summed E-state index contributed by atoms with van der Waals surface area (Å²) in [5.41, 5.74) is 0.833. The van der Waals surface area contributed by atoms with Crippen molar-refractivity contribution in [2.24, 2.45) is 0 Å². The minimum atomic E-state index is -0.225. The number of hydrogen-bond acceptors (Lipinski definition) is 3. The molecule has 0 aliphatic rings. The van der Waals surface area contributed by atoms with Gasteiger partial charge in [-0.1, -0.05) is 0 Å². The zero-order chi connectivity index (χ0) is 65.4. The highest BCUT2D eigenvalue weighted by Gasteiger charge is 2.04. The zero-order valence-corrected chi connectivity index (χ0v) is 104. The first-order valence-corrected chi connectivity index (χ1v) is 119. The van der Waals surface area contributed by atoms with E-state index in [1.807, 2.05) is 565 Å². The van der Waals surface area contributed by atoms with Crippen LogP contribution in [0, 0.1) is 5.82 Å². The van der Waals surface area contributed by atoms with E-state index in [-0.39, 0.29) is 5.82 Å². The third-order valence-corrected chi connectivity index (χ3v) is 169. The Kier molecular flexibility index (Phi) is 100. The predicted octanol–water partition coefficient (Wildman–Crippen LogP) is 3.20. The average Bonchev–Trinajstić information content (AvgIpc) is 1.67. The monoisotopic (exact) mass is 2730 g/mol. The Morgan fingerprint density at radius 3 is 0.609 bits per heavy atom. The quantitative estimate of drug-likeness (QED) is 0.345. The number of imidazole rings is 1. The molecule has 0 radical (unpaired) electrons. The molecule has 0 unspecified atom stereocenters. The molecule has 0 amide bonds. The molecule has 2 nitrogen and oxygen atoms in total. The van der Waals surface area contributed by atoms with Crippen LogP contribution < -0.4 is 0 Å². The van der Waals surface area contributed by atoms with Crippen LogP contribution in [0.4, 0.5) is 4.39 Å². The Morgan fingerprint density at radius 1 is 0.261 bits per heavy atom. The normalized spacial score (nSPS) is 8.41. The first-order valence-electron chi connectivity index (χ1n) is 17.1. The van der Waals surface area contributed by atoms with Crippen LogP contribution in [-0.4, -0.2) is 9.38 Å². The fourth-order valence-corrected chi connectivity index (χ4v) is 203. The third kappa shape index (κ3) is 75.6. The highest BCUT2D eigenvalue weighted by molar-refractivity contribution is 9.10. The number of aromatic nitrogens is 2. The number of benzene rings is 1. The zero-order valence-electron chi connectivity index (χ0n) is 39.0. The topological polar surface area (TPSA) is 17.3 Å². The Bertz CT molecular complexity index is 6680. The van der Waals surface area contributed by atoms with Crippen LogP contribution in [0.25, 0.3) is 16.4 Å². The molecule has 81 heteroatoms. The van der Waals surface area contributed by atoms with E-state index in [1.54, 1.807) is 113 Å². The van der Waals surface area contributed by atoms with Crippen LogP contribution in [0.15, 0.2) is 41.3 Å². The second-order valence-electron chi connectivity index (χ2n) is 8.44. The van der Waals surface area contributed by atoms with Crippen molar-refractivity contribution in [1.82, 2.24) is 9.38 Å². The maximum Gasteiger partial charge on any atom is 0.145 e. The van der Waals surface area contributed by atoms with Gasteiger partial charge in [-0.15, -0.1) is 0 Å². The van der Waals surface area contributed by atoms with E-state index < -0.39 is 0 Å². The van der Waals surface area contributed by atoms with Crippen LogP contribution in [0.5, 0.6) is 0 Å². The van der Waals surface area contributed by atoms with Gasteiger partial charge in [0.15, 0.2) is 0 Å². The number of nitrogens with zero attached hydrogens (tertiary/aromatic N) is 2. The maximum absolute atomic E-state index is 13.0. The van der Waals surface area contributed by atoms with Crippen molar-refractivity contribution in [3.8, 4) is 0 Å². The van der Waals surface area contributed by atoms with Crippen molar-refractivity contribution < 1.29 is 4.39 Å².